The standard InChI is InChI=1S/C8H7BOS/c1-6(11)10-8-4-2-7(9)3-5-8/h2-5H,1H3. The average Bonchev–Trinajstić information content (AvgIpc) is 1.93. The number of hydrogen-bond acceptors (Lipinski definition) is 2. The van der Waals surface area contributed by atoms with Gasteiger partial charge < -0.3 is 4.74 Å². The summed E-state index contributed by atoms with van der Waals surface area (Å²) in [6.45, 7) is 1.73. The molecule has 0 heterocycles. The third-order valence-corrected chi connectivity index (χ3v) is 1.23. The molecule has 0 amide bonds. The van der Waals surface area contributed by atoms with Crippen molar-refractivity contribution in [3.8, 4) is 5.75 Å². The molecule has 0 fully saturated rings. The highest BCUT2D eigenvalue weighted by Crippen LogP contribution is 2.07. The molecule has 0 aliphatic rings. The molecule has 1 aromatic carbocycles. The predicted molar refractivity (Wildman–Crippen MR) is 50.7 cm³/mol. The van der Waals surface area contributed by atoms with E-state index in [1.165, 1.54) is 0 Å². The van der Waals surface area contributed by atoms with Crippen LogP contribution in [0.3, 0.4) is 0 Å². The average molecular weight is 162 g/mol. The highest BCUT2D eigenvalue weighted by molar-refractivity contribution is 7.80. The van der Waals surface area contributed by atoms with Gasteiger partial charge in [0.05, 0.1) is 0 Å². The Balaban J connectivity index is 2.74. The SMILES string of the molecule is [B]c1ccc(OC(C)=S)cc1. The van der Waals surface area contributed by atoms with Crippen LogP contribution in [-0.2, 0) is 0 Å². The Morgan fingerprint density at radius 3 is 2.36 bits per heavy atom. The van der Waals surface area contributed by atoms with E-state index in [9.17, 15) is 0 Å². The van der Waals surface area contributed by atoms with Gasteiger partial charge in [0.25, 0.3) is 0 Å². The molecule has 0 N–H and O–H groups in total. The molecule has 0 saturated heterocycles. The van der Waals surface area contributed by atoms with Gasteiger partial charge in [0, 0.05) is 6.92 Å². The predicted octanol–water partition coefficient (Wildman–Crippen LogP) is 1.21. The molecule has 0 spiro atoms. The zero-order valence-electron chi connectivity index (χ0n) is 6.20. The third-order valence-electron chi connectivity index (χ3n) is 1.14. The normalized spacial score (nSPS) is 9.18. The summed E-state index contributed by atoms with van der Waals surface area (Å²) in [5.74, 6) is 0.728. The summed E-state index contributed by atoms with van der Waals surface area (Å²) in [6.07, 6.45) is 0. The van der Waals surface area contributed by atoms with Gasteiger partial charge in [-0.1, -0.05) is 17.6 Å². The number of thiocarbonyl (C=S) groups is 1. The summed E-state index contributed by atoms with van der Waals surface area (Å²) in [6, 6.07) is 7.11. The minimum atomic E-state index is 0.509. The highest BCUT2D eigenvalue weighted by atomic mass is 32.1. The van der Waals surface area contributed by atoms with Crippen molar-refractivity contribution in [3.05, 3.63) is 24.3 Å². The summed E-state index contributed by atoms with van der Waals surface area (Å²) in [5, 5.41) is 0.509. The molecule has 11 heavy (non-hydrogen) atoms. The fourth-order valence-electron chi connectivity index (χ4n) is 0.702. The quantitative estimate of drug-likeness (QED) is 0.453. The van der Waals surface area contributed by atoms with Crippen LogP contribution in [0.4, 0.5) is 0 Å². The van der Waals surface area contributed by atoms with Gasteiger partial charge >= 0.3 is 0 Å². The Labute approximate surface area is 72.8 Å². The first-order valence-electron chi connectivity index (χ1n) is 3.22. The first-order valence-corrected chi connectivity index (χ1v) is 3.63. The smallest absolute Gasteiger partial charge is 0.164 e. The first-order chi connectivity index (χ1) is 5.18. The van der Waals surface area contributed by atoms with Crippen LogP contribution in [0, 0.1) is 0 Å². The number of rotatable bonds is 1. The maximum Gasteiger partial charge on any atom is 0.164 e. The maximum absolute atomic E-state index is 5.47. The molecule has 54 valence electrons. The molecule has 0 aromatic heterocycles. The van der Waals surface area contributed by atoms with Gasteiger partial charge in [-0.25, -0.2) is 0 Å². The molecule has 2 radical (unpaired) electrons. The second-order valence-electron chi connectivity index (χ2n) is 2.16. The Hall–Kier alpha value is -0.825. The molecule has 0 aliphatic heterocycles. The van der Waals surface area contributed by atoms with Crippen LogP contribution >= 0.6 is 12.2 Å². The van der Waals surface area contributed by atoms with Gasteiger partial charge in [0.2, 0.25) is 0 Å². The lowest BCUT2D eigenvalue weighted by molar-refractivity contribution is 0.561. The van der Waals surface area contributed by atoms with E-state index in [0.717, 1.165) is 11.2 Å². The van der Waals surface area contributed by atoms with Crippen LogP contribution < -0.4 is 10.2 Å². The molecule has 1 nitrogen and oxygen atoms in total. The van der Waals surface area contributed by atoms with Gasteiger partial charge in [0.1, 0.15) is 13.6 Å². The maximum atomic E-state index is 5.47. The van der Waals surface area contributed by atoms with Crippen molar-refractivity contribution < 1.29 is 4.74 Å². The number of hydrogen-bond donors (Lipinski definition) is 0. The second kappa shape index (κ2) is 3.53. The van der Waals surface area contributed by atoms with Crippen molar-refractivity contribution >= 4 is 30.6 Å². The molecule has 0 saturated carbocycles. The summed E-state index contributed by atoms with van der Waals surface area (Å²) >= 11 is 4.76. The fourth-order valence-corrected chi connectivity index (χ4v) is 0.798. The topological polar surface area (TPSA) is 9.23 Å². The van der Waals surface area contributed by atoms with Gasteiger partial charge in [-0.2, -0.15) is 0 Å². The molecule has 0 aliphatic carbocycles. The first kappa shape index (κ1) is 8.27. The van der Waals surface area contributed by atoms with E-state index in [1.807, 2.05) is 0 Å². The zero-order chi connectivity index (χ0) is 8.27. The van der Waals surface area contributed by atoms with Crippen LogP contribution in [0.5, 0.6) is 5.75 Å². The summed E-state index contributed by atoms with van der Waals surface area (Å²) in [4.78, 5) is 0. The zero-order valence-corrected chi connectivity index (χ0v) is 7.02. The van der Waals surface area contributed by atoms with Crippen LogP contribution in [0.15, 0.2) is 24.3 Å². The monoisotopic (exact) mass is 162 g/mol. The minimum absolute atomic E-state index is 0.509. The molecule has 1 rings (SSSR count). The van der Waals surface area contributed by atoms with E-state index in [1.54, 1.807) is 31.2 Å². The lowest BCUT2D eigenvalue weighted by atomic mass is 9.97. The molecule has 0 bridgehead atoms. The van der Waals surface area contributed by atoms with Crippen molar-refractivity contribution in [3.63, 3.8) is 0 Å². The van der Waals surface area contributed by atoms with Gasteiger partial charge in [0.15, 0.2) is 5.05 Å². The van der Waals surface area contributed by atoms with E-state index in [0.29, 0.717) is 5.05 Å². The molecular weight excluding hydrogens is 155 g/mol. The lowest BCUT2D eigenvalue weighted by Gasteiger charge is -2.01. The van der Waals surface area contributed by atoms with E-state index >= 15 is 0 Å². The van der Waals surface area contributed by atoms with Gasteiger partial charge in [-0.15, -0.1) is 0 Å². The number of ether oxygens (including phenoxy) is 1. The molecule has 0 unspecified atom stereocenters. The van der Waals surface area contributed by atoms with E-state index in [-0.39, 0.29) is 0 Å². The molecule has 1 aromatic rings. The second-order valence-corrected chi connectivity index (χ2v) is 2.74. The van der Waals surface area contributed by atoms with E-state index in [2.05, 4.69) is 0 Å². The van der Waals surface area contributed by atoms with Crippen molar-refractivity contribution in [1.82, 2.24) is 0 Å². The van der Waals surface area contributed by atoms with E-state index < -0.39 is 0 Å². The van der Waals surface area contributed by atoms with Gasteiger partial charge in [-0.3, -0.25) is 0 Å². The molecule has 3 heteroatoms. The Kier molecular flexibility index (Phi) is 2.66. The third kappa shape index (κ3) is 2.72. The Bertz CT molecular complexity index is 255. The Morgan fingerprint density at radius 2 is 1.91 bits per heavy atom. The highest BCUT2D eigenvalue weighted by Gasteiger charge is 1.92. The van der Waals surface area contributed by atoms with E-state index in [4.69, 9.17) is 24.8 Å². The lowest BCUT2D eigenvalue weighted by Crippen LogP contribution is -2.03. The van der Waals surface area contributed by atoms with Gasteiger partial charge in [-0.05, 0) is 24.4 Å². The Morgan fingerprint density at radius 1 is 1.36 bits per heavy atom. The molecular formula is C8H7BOS. The number of benzene rings is 1. The van der Waals surface area contributed by atoms with Crippen LogP contribution in [0.1, 0.15) is 6.92 Å². The van der Waals surface area contributed by atoms with Crippen molar-refractivity contribution in [2.24, 2.45) is 0 Å². The fraction of sp³-hybridized carbons (Fsp3) is 0.125. The van der Waals surface area contributed by atoms with Crippen molar-refractivity contribution in [1.29, 1.82) is 0 Å². The summed E-state index contributed by atoms with van der Waals surface area (Å²) in [7, 11) is 5.47. The van der Waals surface area contributed by atoms with Crippen molar-refractivity contribution in [2.45, 2.75) is 6.92 Å². The van der Waals surface area contributed by atoms with Crippen molar-refractivity contribution in [2.75, 3.05) is 0 Å². The summed E-state index contributed by atoms with van der Waals surface area (Å²) in [5.41, 5.74) is 0.722. The molecule has 0 atom stereocenters. The largest absolute Gasteiger partial charge is 0.451 e. The minimum Gasteiger partial charge on any atom is -0.451 e. The van der Waals surface area contributed by atoms with Crippen LogP contribution in [-0.4, -0.2) is 12.9 Å². The van der Waals surface area contributed by atoms with Crippen LogP contribution in [0.2, 0.25) is 0 Å². The summed E-state index contributed by atoms with van der Waals surface area (Å²) < 4.78 is 5.15. The van der Waals surface area contributed by atoms with Crippen LogP contribution in [0.25, 0.3) is 0 Å².